The molecule has 0 radical (unpaired) electrons. The molecular weight excluding hydrogens is 300 g/mol. The Hall–Kier alpha value is -1.56. The van der Waals surface area contributed by atoms with E-state index in [9.17, 15) is 13.2 Å². The molecule has 1 N–H and O–H groups in total. The van der Waals surface area contributed by atoms with Gasteiger partial charge in [-0.25, -0.2) is 8.42 Å². The van der Waals surface area contributed by atoms with E-state index in [0.29, 0.717) is 18.7 Å². The summed E-state index contributed by atoms with van der Waals surface area (Å²) < 4.78 is 27.6. The highest BCUT2D eigenvalue weighted by molar-refractivity contribution is 7.93. The van der Waals surface area contributed by atoms with Crippen LogP contribution in [-0.4, -0.2) is 26.1 Å². The molecule has 0 aromatic heterocycles. The van der Waals surface area contributed by atoms with Gasteiger partial charge in [-0.1, -0.05) is 25.3 Å². The highest BCUT2D eigenvalue weighted by Crippen LogP contribution is 2.28. The van der Waals surface area contributed by atoms with E-state index in [0.717, 1.165) is 44.2 Å². The Bertz CT molecular complexity index is 651. The van der Waals surface area contributed by atoms with Crippen molar-refractivity contribution in [1.29, 1.82) is 0 Å². The zero-order chi connectivity index (χ0) is 15.6. The maximum absolute atomic E-state index is 12.5. The number of sulfonamides is 1. The van der Waals surface area contributed by atoms with Gasteiger partial charge in [0.1, 0.15) is 0 Å². The third kappa shape index (κ3) is 3.27. The van der Waals surface area contributed by atoms with Gasteiger partial charge in [0, 0.05) is 18.7 Å². The molecule has 120 valence electrons. The summed E-state index contributed by atoms with van der Waals surface area (Å²) in [4.78, 5) is 13.5. The summed E-state index contributed by atoms with van der Waals surface area (Å²) in [7, 11) is -3.34. The highest BCUT2D eigenvalue weighted by atomic mass is 32.2. The summed E-state index contributed by atoms with van der Waals surface area (Å²) in [5.74, 6) is 0.104. The van der Waals surface area contributed by atoms with Crippen LogP contribution in [0.4, 0.5) is 11.4 Å². The molecule has 0 spiro atoms. The molecule has 2 fully saturated rings. The fourth-order valence-electron chi connectivity index (χ4n) is 3.28. The van der Waals surface area contributed by atoms with Crippen molar-refractivity contribution in [3.8, 4) is 0 Å². The quantitative estimate of drug-likeness (QED) is 0.927. The van der Waals surface area contributed by atoms with Gasteiger partial charge in [-0.2, -0.15) is 0 Å². The van der Waals surface area contributed by atoms with E-state index < -0.39 is 10.0 Å². The standard InChI is InChI=1S/C16H22N2O3S/c19-16-10-5-11-18(16)14-7-4-6-13(12-14)17-22(20,21)15-8-2-1-3-9-15/h4,6-7,12,15,17H,1-3,5,8-11H2. The third-order valence-electron chi connectivity index (χ3n) is 4.48. The van der Waals surface area contributed by atoms with E-state index in [-0.39, 0.29) is 11.2 Å². The minimum Gasteiger partial charge on any atom is -0.312 e. The van der Waals surface area contributed by atoms with Crippen molar-refractivity contribution in [2.45, 2.75) is 50.2 Å². The molecular formula is C16H22N2O3S. The van der Waals surface area contributed by atoms with Gasteiger partial charge < -0.3 is 4.90 Å². The second-order valence-electron chi connectivity index (χ2n) is 6.11. The van der Waals surface area contributed by atoms with Crippen molar-refractivity contribution >= 4 is 27.3 Å². The smallest absolute Gasteiger partial charge is 0.235 e. The molecule has 1 aromatic rings. The lowest BCUT2D eigenvalue weighted by molar-refractivity contribution is -0.117. The Morgan fingerprint density at radius 3 is 2.55 bits per heavy atom. The van der Waals surface area contributed by atoms with Crippen molar-refractivity contribution < 1.29 is 13.2 Å². The van der Waals surface area contributed by atoms with Crippen LogP contribution in [0.5, 0.6) is 0 Å². The summed E-state index contributed by atoms with van der Waals surface area (Å²) in [5, 5.41) is -0.293. The molecule has 1 aromatic carbocycles. The number of nitrogens with one attached hydrogen (secondary N) is 1. The van der Waals surface area contributed by atoms with Gasteiger partial charge in [0.25, 0.3) is 0 Å². The van der Waals surface area contributed by atoms with Crippen LogP contribution in [0.25, 0.3) is 0 Å². The fourth-order valence-corrected chi connectivity index (χ4v) is 4.86. The van der Waals surface area contributed by atoms with E-state index >= 15 is 0 Å². The average Bonchev–Trinajstić information content (AvgIpc) is 2.94. The number of hydrogen-bond donors (Lipinski definition) is 1. The molecule has 1 saturated heterocycles. The minimum absolute atomic E-state index is 0.104. The molecule has 1 aliphatic heterocycles. The molecule has 5 nitrogen and oxygen atoms in total. The average molecular weight is 322 g/mol. The number of rotatable bonds is 4. The number of carbonyl (C=O) groups is 1. The van der Waals surface area contributed by atoms with E-state index in [1.165, 1.54) is 0 Å². The molecule has 1 heterocycles. The lowest BCUT2D eigenvalue weighted by Crippen LogP contribution is -2.30. The van der Waals surface area contributed by atoms with Crippen LogP contribution in [0.1, 0.15) is 44.9 Å². The number of benzene rings is 1. The lowest BCUT2D eigenvalue weighted by atomic mass is 10.0. The van der Waals surface area contributed by atoms with Gasteiger partial charge in [-0.3, -0.25) is 9.52 Å². The Labute approximate surface area is 131 Å². The lowest BCUT2D eigenvalue weighted by Gasteiger charge is -2.23. The summed E-state index contributed by atoms with van der Waals surface area (Å²) in [6.07, 6.45) is 5.98. The maximum Gasteiger partial charge on any atom is 0.235 e. The Morgan fingerprint density at radius 2 is 1.86 bits per heavy atom. The van der Waals surface area contributed by atoms with E-state index in [1.807, 2.05) is 6.07 Å². The van der Waals surface area contributed by atoms with E-state index in [2.05, 4.69) is 4.72 Å². The normalized spacial score (nSPS) is 20.4. The van der Waals surface area contributed by atoms with Gasteiger partial charge in [0.2, 0.25) is 15.9 Å². The van der Waals surface area contributed by atoms with Crippen molar-refractivity contribution in [2.75, 3.05) is 16.2 Å². The SMILES string of the molecule is O=C1CCCN1c1cccc(NS(=O)(=O)C2CCCCC2)c1. The first-order valence-corrected chi connectivity index (χ1v) is 9.53. The highest BCUT2D eigenvalue weighted by Gasteiger charge is 2.27. The van der Waals surface area contributed by atoms with Crippen LogP contribution < -0.4 is 9.62 Å². The Balaban J connectivity index is 1.76. The molecule has 1 aliphatic carbocycles. The topological polar surface area (TPSA) is 66.5 Å². The first kappa shape index (κ1) is 15.3. The van der Waals surface area contributed by atoms with Gasteiger partial charge in [-0.05, 0) is 37.5 Å². The van der Waals surface area contributed by atoms with Crippen molar-refractivity contribution in [3.05, 3.63) is 24.3 Å². The maximum atomic E-state index is 12.5. The first-order valence-electron chi connectivity index (χ1n) is 7.98. The summed E-state index contributed by atoms with van der Waals surface area (Å²) in [6.45, 7) is 0.706. The van der Waals surface area contributed by atoms with Gasteiger partial charge in [0.15, 0.2) is 0 Å². The molecule has 0 atom stereocenters. The van der Waals surface area contributed by atoms with Gasteiger partial charge >= 0.3 is 0 Å². The second-order valence-corrected chi connectivity index (χ2v) is 8.07. The first-order chi connectivity index (χ1) is 10.6. The molecule has 22 heavy (non-hydrogen) atoms. The van der Waals surface area contributed by atoms with Crippen LogP contribution in [0, 0.1) is 0 Å². The monoisotopic (exact) mass is 322 g/mol. The predicted molar refractivity (Wildman–Crippen MR) is 87.4 cm³/mol. The summed E-state index contributed by atoms with van der Waals surface area (Å²) in [6, 6.07) is 7.13. The van der Waals surface area contributed by atoms with Crippen LogP contribution >= 0.6 is 0 Å². The molecule has 6 heteroatoms. The van der Waals surface area contributed by atoms with E-state index in [1.54, 1.807) is 23.1 Å². The number of amides is 1. The zero-order valence-corrected chi connectivity index (χ0v) is 13.4. The van der Waals surface area contributed by atoms with Crippen LogP contribution in [0.15, 0.2) is 24.3 Å². The molecule has 2 aliphatic rings. The van der Waals surface area contributed by atoms with Crippen molar-refractivity contribution in [2.24, 2.45) is 0 Å². The molecule has 3 rings (SSSR count). The van der Waals surface area contributed by atoms with Gasteiger partial charge in [0.05, 0.1) is 10.9 Å². The third-order valence-corrected chi connectivity index (χ3v) is 6.35. The van der Waals surface area contributed by atoms with Crippen molar-refractivity contribution in [3.63, 3.8) is 0 Å². The Kier molecular flexibility index (Phi) is 4.38. The van der Waals surface area contributed by atoms with Gasteiger partial charge in [-0.15, -0.1) is 0 Å². The number of carbonyl (C=O) groups excluding carboxylic acids is 1. The number of nitrogens with zero attached hydrogens (tertiary/aromatic N) is 1. The number of hydrogen-bond acceptors (Lipinski definition) is 3. The Morgan fingerprint density at radius 1 is 1.09 bits per heavy atom. The van der Waals surface area contributed by atoms with E-state index in [4.69, 9.17) is 0 Å². The summed E-state index contributed by atoms with van der Waals surface area (Å²) >= 11 is 0. The zero-order valence-electron chi connectivity index (χ0n) is 12.6. The summed E-state index contributed by atoms with van der Waals surface area (Å²) in [5.41, 5.74) is 1.31. The predicted octanol–water partition coefficient (Wildman–Crippen LogP) is 2.89. The molecule has 0 unspecified atom stereocenters. The largest absolute Gasteiger partial charge is 0.312 e. The molecule has 1 saturated carbocycles. The second kappa shape index (κ2) is 6.28. The fraction of sp³-hybridized carbons (Fsp3) is 0.562. The number of anilines is 2. The van der Waals surface area contributed by atoms with Crippen LogP contribution in [0.2, 0.25) is 0 Å². The van der Waals surface area contributed by atoms with Crippen molar-refractivity contribution in [1.82, 2.24) is 0 Å². The van der Waals surface area contributed by atoms with Crippen LogP contribution in [0.3, 0.4) is 0 Å². The molecule has 1 amide bonds. The minimum atomic E-state index is -3.34. The van der Waals surface area contributed by atoms with Crippen LogP contribution in [-0.2, 0) is 14.8 Å². The molecule has 0 bridgehead atoms.